The number of alkyl halides is 11. The first-order valence-corrected chi connectivity index (χ1v) is 5.55. The predicted octanol–water partition coefficient (Wildman–Crippen LogP) is 4.07. The molecule has 25 heavy (non-hydrogen) atoms. The molecule has 0 fully saturated rings. The van der Waals surface area contributed by atoms with Gasteiger partial charge in [-0.15, -0.1) is 0 Å². The van der Waals surface area contributed by atoms with Crippen molar-refractivity contribution >= 4 is 5.97 Å². The summed E-state index contributed by atoms with van der Waals surface area (Å²) in [6.45, 7) is 1.42. The fourth-order valence-corrected chi connectivity index (χ4v) is 0.827. The number of carbonyl (C=O) groups excluding carboxylic acids is 1. The van der Waals surface area contributed by atoms with E-state index in [2.05, 4.69) is 16.1 Å². The van der Waals surface area contributed by atoms with E-state index in [9.17, 15) is 53.1 Å². The molecule has 0 aliphatic rings. The summed E-state index contributed by atoms with van der Waals surface area (Å²) in [7, 11) is 0. The lowest BCUT2D eigenvalue weighted by molar-refractivity contribution is -0.537. The van der Waals surface area contributed by atoms with Crippen LogP contribution in [0.1, 0.15) is 6.92 Å². The van der Waals surface area contributed by atoms with Crippen LogP contribution in [0.5, 0.6) is 0 Å². The first-order valence-electron chi connectivity index (χ1n) is 5.55. The number of ether oxygens (including phenoxy) is 3. The molecule has 0 bridgehead atoms. The van der Waals surface area contributed by atoms with Gasteiger partial charge in [-0.3, -0.25) is 0 Å². The Kier molecular flexibility index (Phi) is 6.48. The Bertz CT molecular complexity index is 511. The van der Waals surface area contributed by atoms with Gasteiger partial charge in [0.25, 0.3) is 0 Å². The van der Waals surface area contributed by atoms with Crippen LogP contribution in [0.15, 0.2) is 12.2 Å². The fraction of sp³-hybridized carbons (Fsp3) is 0.700. The zero-order chi connectivity index (χ0) is 20.5. The van der Waals surface area contributed by atoms with Crippen molar-refractivity contribution < 1.29 is 67.3 Å². The van der Waals surface area contributed by atoms with Crippen molar-refractivity contribution in [3.63, 3.8) is 0 Å². The summed E-state index contributed by atoms with van der Waals surface area (Å²) in [5, 5.41) is 0. The smallest absolute Gasteiger partial charge is 0.453 e. The molecule has 0 spiro atoms. The van der Waals surface area contributed by atoms with Gasteiger partial charge in [0.2, 0.25) is 0 Å². The van der Waals surface area contributed by atoms with Crippen molar-refractivity contribution in [2.45, 2.75) is 37.5 Å². The Morgan fingerprint density at radius 3 is 1.56 bits per heavy atom. The molecule has 0 heterocycles. The largest absolute Gasteiger partial charge is 0.483 e. The van der Waals surface area contributed by atoms with Crippen LogP contribution in [-0.2, 0) is 19.0 Å². The van der Waals surface area contributed by atoms with E-state index in [1.165, 1.54) is 0 Å². The van der Waals surface area contributed by atoms with Crippen LogP contribution in [0.2, 0.25) is 0 Å². The van der Waals surface area contributed by atoms with Crippen molar-refractivity contribution in [1.82, 2.24) is 0 Å². The van der Waals surface area contributed by atoms with E-state index in [-0.39, 0.29) is 0 Å². The molecule has 0 saturated carbocycles. The Labute approximate surface area is 131 Å². The highest BCUT2D eigenvalue weighted by Crippen LogP contribution is 2.47. The molecular formula is C10H7F11O4. The number of hydrogen-bond donors (Lipinski definition) is 0. The van der Waals surface area contributed by atoms with Crippen LogP contribution in [-0.4, -0.2) is 43.2 Å². The number of rotatable bonds is 8. The molecule has 0 aliphatic carbocycles. The molecule has 4 nitrogen and oxygen atoms in total. The molecule has 0 unspecified atom stereocenters. The summed E-state index contributed by atoms with van der Waals surface area (Å²) < 4.78 is 144. The first kappa shape index (κ1) is 23.4. The van der Waals surface area contributed by atoms with Crippen LogP contribution in [0.4, 0.5) is 48.3 Å². The molecule has 0 aliphatic heterocycles. The van der Waals surface area contributed by atoms with Gasteiger partial charge in [-0.2, -0.15) is 48.3 Å². The number of hydrogen-bond acceptors (Lipinski definition) is 4. The Morgan fingerprint density at radius 1 is 0.800 bits per heavy atom. The summed E-state index contributed by atoms with van der Waals surface area (Å²) in [6, 6.07) is 0. The maximum Gasteiger partial charge on any atom is 0.483 e. The second-order valence-electron chi connectivity index (χ2n) is 4.25. The maximum absolute atomic E-state index is 12.9. The second-order valence-corrected chi connectivity index (χ2v) is 4.25. The maximum atomic E-state index is 12.9. The zero-order valence-corrected chi connectivity index (χ0v) is 11.7. The molecule has 0 atom stereocenters. The summed E-state index contributed by atoms with van der Waals surface area (Å²) in [6.07, 6.45) is -32.6. The van der Waals surface area contributed by atoms with Crippen molar-refractivity contribution in [2.24, 2.45) is 0 Å². The second kappa shape index (κ2) is 6.93. The van der Waals surface area contributed by atoms with Gasteiger partial charge in [0.15, 0.2) is 6.61 Å². The van der Waals surface area contributed by atoms with Crippen LogP contribution < -0.4 is 0 Å². The zero-order valence-electron chi connectivity index (χ0n) is 11.7. The minimum atomic E-state index is -6.86. The average Bonchev–Trinajstić information content (AvgIpc) is 2.31. The summed E-state index contributed by atoms with van der Waals surface area (Å²) >= 11 is 0. The summed E-state index contributed by atoms with van der Waals surface area (Å²) in [4.78, 5) is 10.8. The van der Waals surface area contributed by atoms with Gasteiger partial charge in [-0.25, -0.2) is 14.3 Å². The monoisotopic (exact) mass is 400 g/mol. The predicted molar refractivity (Wildman–Crippen MR) is 53.8 cm³/mol. The van der Waals surface area contributed by atoms with E-state index in [1.807, 2.05) is 0 Å². The van der Waals surface area contributed by atoms with Gasteiger partial charge >= 0.3 is 36.6 Å². The third kappa shape index (κ3) is 6.30. The third-order valence-corrected chi connectivity index (χ3v) is 1.92. The van der Waals surface area contributed by atoms with E-state index in [0.29, 0.717) is 0 Å². The first-order chi connectivity index (χ1) is 10.7. The van der Waals surface area contributed by atoms with Crippen molar-refractivity contribution in [2.75, 3.05) is 6.61 Å². The van der Waals surface area contributed by atoms with Crippen molar-refractivity contribution in [1.29, 1.82) is 0 Å². The molecule has 148 valence electrons. The highest BCUT2D eigenvalue weighted by Gasteiger charge is 2.72. The summed E-state index contributed by atoms with van der Waals surface area (Å²) in [5.74, 6) is -1.58. The number of halogens is 11. The molecular weight excluding hydrogens is 393 g/mol. The van der Waals surface area contributed by atoms with Crippen LogP contribution >= 0.6 is 0 Å². The fourth-order valence-electron chi connectivity index (χ4n) is 0.827. The van der Waals surface area contributed by atoms with E-state index in [4.69, 9.17) is 0 Å². The lowest BCUT2D eigenvalue weighted by atomic mass is 10.4. The Morgan fingerprint density at radius 2 is 1.20 bits per heavy atom. The molecule has 0 saturated heterocycles. The van der Waals surface area contributed by atoms with Crippen molar-refractivity contribution in [3.8, 4) is 0 Å². The van der Waals surface area contributed by atoms with Gasteiger partial charge in [-0.05, 0) is 6.92 Å². The van der Waals surface area contributed by atoms with Gasteiger partial charge in [0.1, 0.15) is 0 Å². The molecule has 0 amide bonds. The third-order valence-electron chi connectivity index (χ3n) is 1.92. The summed E-state index contributed by atoms with van der Waals surface area (Å²) in [5.41, 5.74) is -0.513. The van der Waals surface area contributed by atoms with E-state index in [1.54, 1.807) is 4.74 Å². The highest BCUT2D eigenvalue weighted by molar-refractivity contribution is 5.86. The van der Waals surface area contributed by atoms with Crippen molar-refractivity contribution in [3.05, 3.63) is 12.2 Å². The lowest BCUT2D eigenvalue weighted by Crippen LogP contribution is -2.55. The van der Waals surface area contributed by atoms with Crippen LogP contribution in [0.25, 0.3) is 0 Å². The number of esters is 1. The van der Waals surface area contributed by atoms with E-state index >= 15 is 0 Å². The standard InChI is InChI=1S/C10H7F11O4/c1-4(2)5(22)23-3-6(11,12)24-9(18,19)10(20,21)25-8(16,17)7(13,14)15/h1,3H2,2H3. The Balaban J connectivity index is 5.20. The normalized spacial score (nSPS) is 14.4. The molecule has 0 aromatic rings. The SMILES string of the molecule is C=C(C)C(=O)OCC(F)(F)OC(F)(F)C(F)(F)OC(F)(F)C(F)(F)F. The molecule has 0 aromatic carbocycles. The molecule has 15 heteroatoms. The molecule has 0 rings (SSSR count). The minimum absolute atomic E-state index is 0.513. The van der Waals surface area contributed by atoms with Crippen LogP contribution in [0.3, 0.4) is 0 Å². The van der Waals surface area contributed by atoms with Gasteiger partial charge in [0, 0.05) is 5.57 Å². The molecule has 0 N–H and O–H groups in total. The average molecular weight is 400 g/mol. The lowest BCUT2D eigenvalue weighted by Gasteiger charge is -2.31. The van der Waals surface area contributed by atoms with Gasteiger partial charge in [0.05, 0.1) is 0 Å². The van der Waals surface area contributed by atoms with Gasteiger partial charge < -0.3 is 4.74 Å². The van der Waals surface area contributed by atoms with E-state index < -0.39 is 48.8 Å². The number of carbonyl (C=O) groups is 1. The molecule has 0 radical (unpaired) electrons. The topological polar surface area (TPSA) is 44.8 Å². The molecule has 0 aromatic heterocycles. The van der Waals surface area contributed by atoms with Crippen LogP contribution in [0, 0.1) is 0 Å². The van der Waals surface area contributed by atoms with E-state index in [0.717, 1.165) is 6.92 Å². The minimum Gasteiger partial charge on any atom is -0.453 e. The quantitative estimate of drug-likeness (QED) is 0.350. The van der Waals surface area contributed by atoms with Gasteiger partial charge in [-0.1, -0.05) is 6.58 Å². The highest BCUT2D eigenvalue weighted by atomic mass is 19.4. The Hall–Kier alpha value is -1.64.